The fourth-order valence-corrected chi connectivity index (χ4v) is 2.64. The molecule has 1 aromatic carbocycles. The summed E-state index contributed by atoms with van der Waals surface area (Å²) in [5, 5.41) is 3.00. The lowest BCUT2D eigenvalue weighted by atomic mass is 10.3. The van der Waals surface area contributed by atoms with Crippen LogP contribution >= 0.6 is 0 Å². The van der Waals surface area contributed by atoms with Crippen LogP contribution in [0.4, 0.5) is 18.9 Å². The Morgan fingerprint density at radius 3 is 2.33 bits per heavy atom. The van der Waals surface area contributed by atoms with Crippen molar-refractivity contribution in [2.24, 2.45) is 0 Å². The van der Waals surface area contributed by atoms with Gasteiger partial charge in [0.05, 0.1) is 5.75 Å². The summed E-state index contributed by atoms with van der Waals surface area (Å²) in [5.74, 6) is -0.474. The molecule has 0 heterocycles. The van der Waals surface area contributed by atoms with Crippen molar-refractivity contribution >= 4 is 15.7 Å². The molecule has 9 heteroatoms. The van der Waals surface area contributed by atoms with Gasteiger partial charge in [0.25, 0.3) is 0 Å². The van der Waals surface area contributed by atoms with Crippen LogP contribution in [0.25, 0.3) is 0 Å². The number of ether oxygens (including phenoxy) is 1. The first-order chi connectivity index (χ1) is 9.72. The SMILES string of the molecule is CCNCCCS(=O)(=O)Nc1ccc(OC(F)(F)F)cc1. The standard InChI is InChI=1S/C12H17F3N2O3S/c1-2-16-8-3-9-21(18,19)17-10-4-6-11(7-5-10)20-12(13,14)15/h4-7,16-17H,2-3,8-9H2,1H3. The monoisotopic (exact) mass is 326 g/mol. The molecule has 0 amide bonds. The van der Waals surface area contributed by atoms with E-state index < -0.39 is 22.1 Å². The third-order valence-corrected chi connectivity index (χ3v) is 3.75. The van der Waals surface area contributed by atoms with Crippen LogP contribution in [-0.2, 0) is 10.0 Å². The molecular weight excluding hydrogens is 309 g/mol. The van der Waals surface area contributed by atoms with E-state index in [9.17, 15) is 21.6 Å². The molecule has 0 saturated carbocycles. The Balaban J connectivity index is 2.54. The first-order valence-electron chi connectivity index (χ1n) is 6.29. The topological polar surface area (TPSA) is 67.4 Å². The van der Waals surface area contributed by atoms with E-state index in [2.05, 4.69) is 14.8 Å². The number of alkyl halides is 3. The van der Waals surface area contributed by atoms with Gasteiger partial charge >= 0.3 is 6.36 Å². The maximum absolute atomic E-state index is 12.0. The summed E-state index contributed by atoms with van der Waals surface area (Å²) >= 11 is 0. The van der Waals surface area contributed by atoms with E-state index in [1.54, 1.807) is 0 Å². The third-order valence-electron chi connectivity index (χ3n) is 2.38. The molecule has 0 atom stereocenters. The Morgan fingerprint density at radius 2 is 1.81 bits per heavy atom. The average Bonchev–Trinajstić information content (AvgIpc) is 2.35. The summed E-state index contributed by atoms with van der Waals surface area (Å²) in [4.78, 5) is 0. The Labute approximate surface area is 121 Å². The van der Waals surface area contributed by atoms with Crippen molar-refractivity contribution in [1.29, 1.82) is 0 Å². The lowest BCUT2D eigenvalue weighted by molar-refractivity contribution is -0.274. The first kappa shape index (κ1) is 17.6. The second-order valence-corrected chi connectivity index (χ2v) is 6.04. The molecule has 0 spiro atoms. The van der Waals surface area contributed by atoms with E-state index in [4.69, 9.17) is 0 Å². The highest BCUT2D eigenvalue weighted by Crippen LogP contribution is 2.24. The lowest BCUT2D eigenvalue weighted by Gasteiger charge is -2.11. The number of halogens is 3. The molecule has 0 saturated heterocycles. The van der Waals surface area contributed by atoms with E-state index in [1.807, 2.05) is 6.92 Å². The number of nitrogens with one attached hydrogen (secondary N) is 2. The summed E-state index contributed by atoms with van der Waals surface area (Å²) in [7, 11) is -3.52. The molecule has 0 aliphatic carbocycles. The van der Waals surface area contributed by atoms with Crippen LogP contribution in [0.3, 0.4) is 0 Å². The molecule has 120 valence electrons. The number of hydrogen-bond acceptors (Lipinski definition) is 4. The third kappa shape index (κ3) is 7.76. The Hall–Kier alpha value is -1.48. The zero-order valence-corrected chi connectivity index (χ0v) is 12.2. The average molecular weight is 326 g/mol. The van der Waals surface area contributed by atoms with Crippen LogP contribution in [0.1, 0.15) is 13.3 Å². The molecule has 0 aliphatic rings. The maximum Gasteiger partial charge on any atom is 0.573 e. The van der Waals surface area contributed by atoms with Gasteiger partial charge in [-0.3, -0.25) is 4.72 Å². The highest BCUT2D eigenvalue weighted by molar-refractivity contribution is 7.92. The van der Waals surface area contributed by atoms with Crippen molar-refractivity contribution < 1.29 is 26.3 Å². The van der Waals surface area contributed by atoms with Crippen molar-refractivity contribution in [2.45, 2.75) is 19.7 Å². The second kappa shape index (κ2) is 7.51. The minimum atomic E-state index is -4.77. The van der Waals surface area contributed by atoms with Crippen LogP contribution in [0.15, 0.2) is 24.3 Å². The van der Waals surface area contributed by atoms with Crippen molar-refractivity contribution in [2.75, 3.05) is 23.6 Å². The molecule has 1 rings (SSSR count). The Bertz CT molecular complexity index is 530. The van der Waals surface area contributed by atoms with Crippen LogP contribution in [-0.4, -0.2) is 33.6 Å². The van der Waals surface area contributed by atoms with Gasteiger partial charge < -0.3 is 10.1 Å². The normalized spacial score (nSPS) is 12.2. The number of benzene rings is 1. The zero-order valence-electron chi connectivity index (χ0n) is 11.4. The maximum atomic E-state index is 12.0. The first-order valence-corrected chi connectivity index (χ1v) is 7.94. The van der Waals surface area contributed by atoms with E-state index in [1.165, 1.54) is 12.1 Å². The van der Waals surface area contributed by atoms with Crippen molar-refractivity contribution in [1.82, 2.24) is 5.32 Å². The summed E-state index contributed by atoms with van der Waals surface area (Å²) in [6, 6.07) is 4.51. The number of hydrogen-bond donors (Lipinski definition) is 2. The van der Waals surface area contributed by atoms with E-state index in [0.717, 1.165) is 18.7 Å². The summed E-state index contributed by atoms with van der Waals surface area (Å²) in [5.41, 5.74) is 0.188. The van der Waals surface area contributed by atoms with Gasteiger partial charge in [0.1, 0.15) is 5.75 Å². The Morgan fingerprint density at radius 1 is 1.19 bits per heavy atom. The molecule has 0 bridgehead atoms. The largest absolute Gasteiger partial charge is 0.573 e. The quantitative estimate of drug-likeness (QED) is 0.720. The smallest absolute Gasteiger partial charge is 0.406 e. The van der Waals surface area contributed by atoms with Crippen molar-refractivity contribution in [3.8, 4) is 5.75 Å². The van der Waals surface area contributed by atoms with E-state index in [0.29, 0.717) is 13.0 Å². The van der Waals surface area contributed by atoms with Crippen LogP contribution in [0.2, 0.25) is 0 Å². The number of anilines is 1. The summed E-state index contributed by atoms with van der Waals surface area (Å²) < 4.78 is 65.4. The fourth-order valence-electron chi connectivity index (χ4n) is 1.52. The molecule has 0 fully saturated rings. The molecule has 0 aromatic heterocycles. The van der Waals surface area contributed by atoms with Crippen LogP contribution in [0.5, 0.6) is 5.75 Å². The van der Waals surface area contributed by atoms with Crippen molar-refractivity contribution in [3.63, 3.8) is 0 Å². The molecule has 2 N–H and O–H groups in total. The van der Waals surface area contributed by atoms with Gasteiger partial charge in [-0.25, -0.2) is 8.42 Å². The Kier molecular flexibility index (Phi) is 6.28. The zero-order chi connectivity index (χ0) is 15.9. The van der Waals surface area contributed by atoms with Gasteiger partial charge in [-0.05, 0) is 43.8 Å². The summed E-state index contributed by atoms with van der Waals surface area (Å²) in [6.07, 6.45) is -4.33. The number of rotatable bonds is 8. The molecular formula is C12H17F3N2O3S. The van der Waals surface area contributed by atoms with Gasteiger partial charge in [-0.1, -0.05) is 6.92 Å². The van der Waals surface area contributed by atoms with Gasteiger partial charge in [0.2, 0.25) is 10.0 Å². The minimum Gasteiger partial charge on any atom is -0.406 e. The van der Waals surface area contributed by atoms with Crippen LogP contribution < -0.4 is 14.8 Å². The highest BCUT2D eigenvalue weighted by atomic mass is 32.2. The second-order valence-electron chi connectivity index (χ2n) is 4.20. The lowest BCUT2D eigenvalue weighted by Crippen LogP contribution is -2.22. The van der Waals surface area contributed by atoms with Gasteiger partial charge in [0, 0.05) is 5.69 Å². The van der Waals surface area contributed by atoms with Crippen LogP contribution in [0, 0.1) is 0 Å². The fraction of sp³-hybridized carbons (Fsp3) is 0.500. The molecule has 1 aromatic rings. The van der Waals surface area contributed by atoms with Gasteiger partial charge in [0.15, 0.2) is 0 Å². The van der Waals surface area contributed by atoms with E-state index >= 15 is 0 Å². The molecule has 5 nitrogen and oxygen atoms in total. The molecule has 21 heavy (non-hydrogen) atoms. The minimum absolute atomic E-state index is 0.0686. The molecule has 0 unspecified atom stereocenters. The molecule has 0 aliphatic heterocycles. The van der Waals surface area contributed by atoms with Crippen molar-refractivity contribution in [3.05, 3.63) is 24.3 Å². The molecule has 0 radical (unpaired) electrons. The predicted molar refractivity (Wildman–Crippen MR) is 73.7 cm³/mol. The van der Waals surface area contributed by atoms with Gasteiger partial charge in [-0.15, -0.1) is 13.2 Å². The summed E-state index contributed by atoms with van der Waals surface area (Å²) in [6.45, 7) is 3.25. The van der Waals surface area contributed by atoms with E-state index in [-0.39, 0.29) is 11.4 Å². The number of sulfonamides is 1. The van der Waals surface area contributed by atoms with Gasteiger partial charge in [-0.2, -0.15) is 0 Å². The highest BCUT2D eigenvalue weighted by Gasteiger charge is 2.30. The predicted octanol–water partition coefficient (Wildman–Crippen LogP) is 2.33.